The first-order valence-corrected chi connectivity index (χ1v) is 5.88. The number of aliphatic imine (C=N–C) groups is 1. The molecule has 0 aliphatic carbocycles. The van der Waals surface area contributed by atoms with Crippen LogP contribution in [0.4, 0.5) is 0 Å². The van der Waals surface area contributed by atoms with Crippen LogP contribution in [0.1, 0.15) is 26.3 Å². The van der Waals surface area contributed by atoms with E-state index in [0.717, 1.165) is 19.0 Å². The number of nitrogens with zero attached hydrogens (tertiary/aromatic N) is 3. The van der Waals surface area contributed by atoms with Gasteiger partial charge in [-0.25, -0.2) is 0 Å². The predicted molar refractivity (Wildman–Crippen MR) is 71.2 cm³/mol. The second-order valence-corrected chi connectivity index (χ2v) is 5.15. The lowest BCUT2D eigenvalue weighted by Gasteiger charge is -2.23. The van der Waals surface area contributed by atoms with Crippen LogP contribution in [0.5, 0.6) is 0 Å². The van der Waals surface area contributed by atoms with Crippen LogP contribution >= 0.6 is 0 Å². The summed E-state index contributed by atoms with van der Waals surface area (Å²) in [5.74, 6) is 0.821. The Morgan fingerprint density at radius 3 is 2.65 bits per heavy atom. The molecular formula is C12H23N5. The lowest BCUT2D eigenvalue weighted by Crippen LogP contribution is -2.48. The number of rotatable bonds is 3. The van der Waals surface area contributed by atoms with Crippen molar-refractivity contribution in [2.24, 2.45) is 4.99 Å². The molecule has 0 spiro atoms. The van der Waals surface area contributed by atoms with E-state index in [0.29, 0.717) is 0 Å². The molecule has 1 rings (SSSR count). The molecule has 2 N–H and O–H groups in total. The van der Waals surface area contributed by atoms with Crippen molar-refractivity contribution in [1.82, 2.24) is 20.4 Å². The van der Waals surface area contributed by atoms with Gasteiger partial charge in [0.2, 0.25) is 0 Å². The maximum absolute atomic E-state index is 4.23. The first-order valence-electron chi connectivity index (χ1n) is 5.88. The van der Waals surface area contributed by atoms with Crippen LogP contribution in [0.3, 0.4) is 0 Å². The number of aryl methyl sites for hydroxylation is 1. The maximum atomic E-state index is 4.23. The topological polar surface area (TPSA) is 54.2 Å². The highest BCUT2D eigenvalue weighted by atomic mass is 15.3. The van der Waals surface area contributed by atoms with Crippen molar-refractivity contribution in [3.05, 3.63) is 18.0 Å². The van der Waals surface area contributed by atoms with E-state index in [1.54, 1.807) is 7.05 Å². The minimum atomic E-state index is 0.0180. The van der Waals surface area contributed by atoms with Gasteiger partial charge in [0.05, 0.1) is 12.7 Å². The van der Waals surface area contributed by atoms with Crippen LogP contribution in [0.25, 0.3) is 0 Å². The fourth-order valence-corrected chi connectivity index (χ4v) is 1.41. The van der Waals surface area contributed by atoms with E-state index in [2.05, 4.69) is 41.5 Å². The first-order chi connectivity index (χ1) is 7.90. The van der Waals surface area contributed by atoms with Crippen molar-refractivity contribution in [2.45, 2.75) is 39.8 Å². The highest BCUT2D eigenvalue weighted by Crippen LogP contribution is 1.97. The molecule has 0 aliphatic heterocycles. The summed E-state index contributed by atoms with van der Waals surface area (Å²) < 4.78 is 1.92. The summed E-state index contributed by atoms with van der Waals surface area (Å²) in [6.07, 6.45) is 3.89. The third-order valence-corrected chi connectivity index (χ3v) is 2.11. The fourth-order valence-electron chi connectivity index (χ4n) is 1.41. The largest absolute Gasteiger partial charge is 0.355 e. The van der Waals surface area contributed by atoms with Crippen molar-refractivity contribution in [3.63, 3.8) is 0 Å². The third-order valence-electron chi connectivity index (χ3n) is 2.11. The molecule has 5 nitrogen and oxygen atoms in total. The molecule has 0 fully saturated rings. The minimum absolute atomic E-state index is 0.0180. The number of guanidine groups is 1. The first kappa shape index (κ1) is 13.5. The summed E-state index contributed by atoms with van der Waals surface area (Å²) in [6, 6.07) is 0. The molecule has 1 aromatic heterocycles. The van der Waals surface area contributed by atoms with Gasteiger partial charge in [-0.2, -0.15) is 5.10 Å². The Bertz CT molecular complexity index is 372. The summed E-state index contributed by atoms with van der Waals surface area (Å²) in [5, 5.41) is 10.8. The number of aromatic nitrogens is 2. The van der Waals surface area contributed by atoms with E-state index < -0.39 is 0 Å². The molecule has 1 heterocycles. The van der Waals surface area contributed by atoms with Gasteiger partial charge in [-0.1, -0.05) is 0 Å². The molecule has 1 aromatic rings. The minimum Gasteiger partial charge on any atom is -0.355 e. The lowest BCUT2D eigenvalue weighted by molar-refractivity contribution is 0.497. The zero-order valence-electron chi connectivity index (χ0n) is 11.4. The van der Waals surface area contributed by atoms with Gasteiger partial charge in [-0.3, -0.25) is 9.67 Å². The summed E-state index contributed by atoms with van der Waals surface area (Å²) >= 11 is 0. The zero-order valence-corrected chi connectivity index (χ0v) is 11.4. The van der Waals surface area contributed by atoms with Crippen LogP contribution in [-0.4, -0.2) is 34.9 Å². The SMILES string of the molecule is CN=C(NCCn1cc(C)cn1)NC(C)(C)C. The van der Waals surface area contributed by atoms with E-state index in [4.69, 9.17) is 0 Å². The van der Waals surface area contributed by atoms with E-state index >= 15 is 0 Å². The van der Waals surface area contributed by atoms with Crippen LogP contribution in [-0.2, 0) is 6.54 Å². The summed E-state index contributed by atoms with van der Waals surface area (Å²) in [6.45, 7) is 10.00. The quantitative estimate of drug-likeness (QED) is 0.612. The van der Waals surface area contributed by atoms with Gasteiger partial charge < -0.3 is 10.6 Å². The Morgan fingerprint density at radius 1 is 1.47 bits per heavy atom. The Morgan fingerprint density at radius 2 is 2.18 bits per heavy atom. The van der Waals surface area contributed by atoms with Crippen molar-refractivity contribution < 1.29 is 0 Å². The molecular weight excluding hydrogens is 214 g/mol. The molecule has 0 radical (unpaired) electrons. The number of hydrogen-bond donors (Lipinski definition) is 2. The second kappa shape index (κ2) is 5.70. The number of hydrogen-bond acceptors (Lipinski definition) is 2. The summed E-state index contributed by atoms with van der Waals surface area (Å²) in [5.41, 5.74) is 1.20. The zero-order chi connectivity index (χ0) is 12.9. The van der Waals surface area contributed by atoms with Crippen LogP contribution in [0, 0.1) is 6.92 Å². The van der Waals surface area contributed by atoms with Crippen LogP contribution in [0.2, 0.25) is 0 Å². The van der Waals surface area contributed by atoms with Gasteiger partial charge in [0, 0.05) is 25.3 Å². The van der Waals surface area contributed by atoms with E-state index in [1.807, 2.05) is 24.0 Å². The van der Waals surface area contributed by atoms with Crippen molar-refractivity contribution >= 4 is 5.96 Å². The van der Waals surface area contributed by atoms with Crippen LogP contribution < -0.4 is 10.6 Å². The molecule has 0 aliphatic rings. The van der Waals surface area contributed by atoms with Gasteiger partial charge in [-0.15, -0.1) is 0 Å². The lowest BCUT2D eigenvalue weighted by atomic mass is 10.1. The van der Waals surface area contributed by atoms with Gasteiger partial charge >= 0.3 is 0 Å². The standard InChI is InChI=1S/C12H23N5/c1-10-8-15-17(9-10)7-6-14-11(13-5)16-12(2,3)4/h8-9H,6-7H2,1-5H3,(H2,13,14,16). The van der Waals surface area contributed by atoms with E-state index in [9.17, 15) is 0 Å². The van der Waals surface area contributed by atoms with Crippen molar-refractivity contribution in [3.8, 4) is 0 Å². The molecule has 0 aromatic carbocycles. The molecule has 96 valence electrons. The molecule has 0 atom stereocenters. The Balaban J connectivity index is 2.34. The molecule has 0 saturated carbocycles. The monoisotopic (exact) mass is 237 g/mol. The van der Waals surface area contributed by atoms with Crippen LogP contribution in [0.15, 0.2) is 17.4 Å². The van der Waals surface area contributed by atoms with Gasteiger partial charge in [0.15, 0.2) is 5.96 Å². The predicted octanol–water partition coefficient (Wildman–Crippen LogP) is 1.16. The molecule has 0 saturated heterocycles. The Labute approximate surface area is 103 Å². The maximum Gasteiger partial charge on any atom is 0.191 e. The van der Waals surface area contributed by atoms with Crippen molar-refractivity contribution in [2.75, 3.05) is 13.6 Å². The van der Waals surface area contributed by atoms with E-state index in [1.165, 1.54) is 5.56 Å². The van der Waals surface area contributed by atoms with E-state index in [-0.39, 0.29) is 5.54 Å². The molecule has 0 unspecified atom stereocenters. The summed E-state index contributed by atoms with van der Waals surface area (Å²) in [7, 11) is 1.78. The average molecular weight is 237 g/mol. The third kappa shape index (κ3) is 5.38. The van der Waals surface area contributed by atoms with Crippen molar-refractivity contribution in [1.29, 1.82) is 0 Å². The highest BCUT2D eigenvalue weighted by Gasteiger charge is 2.11. The molecule has 5 heteroatoms. The van der Waals surface area contributed by atoms with Gasteiger partial charge in [0.1, 0.15) is 0 Å². The highest BCUT2D eigenvalue weighted by molar-refractivity contribution is 5.80. The Hall–Kier alpha value is -1.52. The smallest absolute Gasteiger partial charge is 0.191 e. The number of nitrogens with one attached hydrogen (secondary N) is 2. The Kier molecular flexibility index (Phi) is 4.54. The second-order valence-electron chi connectivity index (χ2n) is 5.15. The average Bonchev–Trinajstić information content (AvgIpc) is 2.61. The molecule has 0 amide bonds. The normalized spacial score (nSPS) is 12.6. The molecule has 0 bridgehead atoms. The summed E-state index contributed by atoms with van der Waals surface area (Å²) in [4.78, 5) is 4.17. The fraction of sp³-hybridized carbons (Fsp3) is 0.667. The molecule has 17 heavy (non-hydrogen) atoms. The van der Waals surface area contributed by atoms with Gasteiger partial charge in [-0.05, 0) is 33.3 Å². The van der Waals surface area contributed by atoms with Gasteiger partial charge in [0.25, 0.3) is 0 Å².